The largest absolute Gasteiger partial charge is 0.475 e. The van der Waals surface area contributed by atoms with Gasteiger partial charge < -0.3 is 14.4 Å². The molecule has 0 spiro atoms. The molecule has 174 valence electrons. The fourth-order valence-electron chi connectivity index (χ4n) is 3.89. The van der Waals surface area contributed by atoms with Gasteiger partial charge in [0.15, 0.2) is 0 Å². The molecule has 32 heavy (non-hydrogen) atoms. The van der Waals surface area contributed by atoms with E-state index >= 15 is 0 Å². The van der Waals surface area contributed by atoms with Gasteiger partial charge in [-0.2, -0.15) is 4.31 Å². The number of aromatic nitrogens is 1. The first-order valence-corrected chi connectivity index (χ1v) is 12.1. The number of pyridine rings is 1. The Bertz CT molecular complexity index is 1070. The first-order chi connectivity index (χ1) is 15.2. The number of ether oxygens (including phenoxy) is 2. The van der Waals surface area contributed by atoms with Gasteiger partial charge in [-0.25, -0.2) is 13.4 Å². The number of rotatable bonds is 7. The lowest BCUT2D eigenvalue weighted by atomic mass is 10.0. The third-order valence-electron chi connectivity index (χ3n) is 5.95. The van der Waals surface area contributed by atoms with Crippen molar-refractivity contribution in [3.63, 3.8) is 0 Å². The Hall–Kier alpha value is -2.49. The summed E-state index contributed by atoms with van der Waals surface area (Å²) in [5, 5.41) is 0. The van der Waals surface area contributed by atoms with Crippen molar-refractivity contribution < 1.29 is 22.7 Å². The number of carbonyl (C=O) groups excluding carboxylic acids is 1. The maximum atomic E-state index is 13.5. The van der Waals surface area contributed by atoms with E-state index in [1.165, 1.54) is 4.31 Å². The van der Waals surface area contributed by atoms with Crippen molar-refractivity contribution >= 4 is 15.9 Å². The minimum Gasteiger partial charge on any atom is -0.475 e. The molecule has 2 heterocycles. The zero-order valence-corrected chi connectivity index (χ0v) is 20.2. The number of sulfonamides is 1. The molecule has 8 nitrogen and oxygen atoms in total. The van der Waals surface area contributed by atoms with Crippen LogP contribution in [0.2, 0.25) is 0 Å². The predicted octanol–water partition coefficient (Wildman–Crippen LogP) is 2.49. The molecule has 1 aliphatic heterocycles. The first-order valence-electron chi connectivity index (χ1n) is 10.6. The number of methoxy groups -OCH3 is 1. The standard InChI is InChI=1S/C23H31N3O5S/c1-16-15-17(2)19(4)21(18(16)3)32(28,29)26-11-9-25(10-12-26)23(27)20-7-6-8-24-22(20)31-14-13-30-5/h6-8,15H,9-14H2,1-5H3. The van der Waals surface area contributed by atoms with E-state index in [2.05, 4.69) is 4.98 Å². The van der Waals surface area contributed by atoms with Crippen LogP contribution in [0, 0.1) is 27.7 Å². The van der Waals surface area contributed by atoms with Gasteiger partial charge in [-0.05, 0) is 62.1 Å². The molecule has 0 radical (unpaired) electrons. The van der Waals surface area contributed by atoms with Crippen molar-refractivity contribution in [1.82, 2.24) is 14.2 Å². The summed E-state index contributed by atoms with van der Waals surface area (Å²) in [5.74, 6) is 0.0346. The predicted molar refractivity (Wildman–Crippen MR) is 122 cm³/mol. The molecule has 0 unspecified atom stereocenters. The highest BCUT2D eigenvalue weighted by atomic mass is 32.2. The van der Waals surface area contributed by atoms with Crippen LogP contribution in [0.4, 0.5) is 0 Å². The Kier molecular flexibility index (Phi) is 7.53. The summed E-state index contributed by atoms with van der Waals surface area (Å²) < 4.78 is 39.0. The number of carbonyl (C=O) groups is 1. The van der Waals surface area contributed by atoms with Crippen LogP contribution in [0.3, 0.4) is 0 Å². The number of hydrogen-bond acceptors (Lipinski definition) is 6. The highest BCUT2D eigenvalue weighted by Crippen LogP contribution is 2.29. The summed E-state index contributed by atoms with van der Waals surface area (Å²) in [6, 6.07) is 5.37. The summed E-state index contributed by atoms with van der Waals surface area (Å²) in [6.45, 7) is 9.30. The van der Waals surface area contributed by atoms with Crippen molar-refractivity contribution in [1.29, 1.82) is 0 Å². The van der Waals surface area contributed by atoms with Crippen molar-refractivity contribution in [3.05, 3.63) is 52.2 Å². The molecule has 2 aromatic rings. The molecule has 1 saturated heterocycles. The molecule has 1 amide bonds. The van der Waals surface area contributed by atoms with Gasteiger partial charge in [-0.3, -0.25) is 4.79 Å². The summed E-state index contributed by atoms with van der Waals surface area (Å²) in [7, 11) is -2.09. The lowest BCUT2D eigenvalue weighted by Gasteiger charge is -2.35. The van der Waals surface area contributed by atoms with Gasteiger partial charge in [0.05, 0.1) is 11.5 Å². The Morgan fingerprint density at radius 3 is 2.25 bits per heavy atom. The molecule has 0 atom stereocenters. The fraction of sp³-hybridized carbons (Fsp3) is 0.478. The molecule has 9 heteroatoms. The maximum Gasteiger partial charge on any atom is 0.259 e. The van der Waals surface area contributed by atoms with Crippen LogP contribution in [0.15, 0.2) is 29.3 Å². The van der Waals surface area contributed by atoms with Crippen molar-refractivity contribution in [2.24, 2.45) is 0 Å². The van der Waals surface area contributed by atoms with E-state index < -0.39 is 10.0 Å². The second kappa shape index (κ2) is 9.97. The molecule has 0 saturated carbocycles. The number of nitrogens with zero attached hydrogens (tertiary/aromatic N) is 3. The van der Waals surface area contributed by atoms with Crippen LogP contribution in [-0.2, 0) is 14.8 Å². The topological polar surface area (TPSA) is 89.0 Å². The van der Waals surface area contributed by atoms with Crippen LogP contribution >= 0.6 is 0 Å². The smallest absolute Gasteiger partial charge is 0.259 e. The Morgan fingerprint density at radius 2 is 1.66 bits per heavy atom. The van der Waals surface area contributed by atoms with E-state index in [4.69, 9.17) is 9.47 Å². The summed E-state index contributed by atoms with van der Waals surface area (Å²) in [6.07, 6.45) is 1.57. The van der Waals surface area contributed by atoms with E-state index in [0.717, 1.165) is 22.3 Å². The van der Waals surface area contributed by atoms with Gasteiger partial charge >= 0.3 is 0 Å². The van der Waals surface area contributed by atoms with E-state index in [-0.39, 0.29) is 31.5 Å². The normalized spacial score (nSPS) is 15.1. The van der Waals surface area contributed by atoms with E-state index in [1.54, 1.807) is 30.3 Å². The van der Waals surface area contributed by atoms with E-state index in [0.29, 0.717) is 30.2 Å². The monoisotopic (exact) mass is 461 g/mol. The highest BCUT2D eigenvalue weighted by Gasteiger charge is 2.33. The lowest BCUT2D eigenvalue weighted by molar-refractivity contribution is 0.0689. The lowest BCUT2D eigenvalue weighted by Crippen LogP contribution is -2.50. The Morgan fingerprint density at radius 1 is 1.03 bits per heavy atom. The molecular formula is C23H31N3O5S. The zero-order chi connectivity index (χ0) is 23.5. The molecule has 1 aromatic carbocycles. The average Bonchev–Trinajstić information content (AvgIpc) is 2.78. The quantitative estimate of drug-likeness (QED) is 0.589. The van der Waals surface area contributed by atoms with Gasteiger partial charge in [-0.15, -0.1) is 0 Å². The highest BCUT2D eigenvalue weighted by molar-refractivity contribution is 7.89. The maximum absolute atomic E-state index is 13.5. The third kappa shape index (κ3) is 4.79. The molecule has 0 N–H and O–H groups in total. The number of piperazine rings is 1. The van der Waals surface area contributed by atoms with Gasteiger partial charge in [0.2, 0.25) is 15.9 Å². The van der Waals surface area contributed by atoms with Gasteiger partial charge in [0.1, 0.15) is 12.2 Å². The molecule has 1 fully saturated rings. The van der Waals surface area contributed by atoms with Crippen LogP contribution in [-0.4, -0.2) is 75.0 Å². The minimum atomic E-state index is -3.66. The van der Waals surface area contributed by atoms with Crippen molar-refractivity contribution in [3.8, 4) is 5.88 Å². The molecule has 3 rings (SSSR count). The summed E-state index contributed by atoms with van der Waals surface area (Å²) in [5.41, 5.74) is 3.83. The first kappa shape index (κ1) is 24.2. The van der Waals surface area contributed by atoms with Crippen LogP contribution in [0.1, 0.15) is 32.6 Å². The van der Waals surface area contributed by atoms with E-state index in [1.807, 2.05) is 33.8 Å². The molecule has 0 bridgehead atoms. The summed E-state index contributed by atoms with van der Waals surface area (Å²) >= 11 is 0. The second-order valence-corrected chi connectivity index (χ2v) is 9.86. The third-order valence-corrected chi connectivity index (χ3v) is 8.12. The van der Waals surface area contributed by atoms with Crippen LogP contribution in [0.5, 0.6) is 5.88 Å². The zero-order valence-electron chi connectivity index (χ0n) is 19.3. The average molecular weight is 462 g/mol. The van der Waals surface area contributed by atoms with Gasteiger partial charge in [0, 0.05) is 39.5 Å². The number of amides is 1. The molecule has 1 aliphatic rings. The SMILES string of the molecule is COCCOc1ncccc1C(=O)N1CCN(S(=O)(=O)c2c(C)c(C)cc(C)c2C)CC1. The minimum absolute atomic E-state index is 0.221. The van der Waals surface area contributed by atoms with Gasteiger partial charge in [-0.1, -0.05) is 6.07 Å². The number of aryl methyl sites for hydroxylation is 2. The number of hydrogen-bond donors (Lipinski definition) is 0. The van der Waals surface area contributed by atoms with Crippen molar-refractivity contribution in [2.75, 3.05) is 46.5 Å². The number of benzene rings is 1. The van der Waals surface area contributed by atoms with Crippen molar-refractivity contribution in [2.45, 2.75) is 32.6 Å². The molecule has 0 aliphatic carbocycles. The van der Waals surface area contributed by atoms with Crippen LogP contribution in [0.25, 0.3) is 0 Å². The van der Waals surface area contributed by atoms with Crippen LogP contribution < -0.4 is 4.74 Å². The second-order valence-electron chi connectivity index (χ2n) is 7.98. The van der Waals surface area contributed by atoms with E-state index in [9.17, 15) is 13.2 Å². The van der Waals surface area contributed by atoms with Gasteiger partial charge in [0.25, 0.3) is 5.91 Å². The summed E-state index contributed by atoms with van der Waals surface area (Å²) in [4.78, 5) is 19.3. The Labute approximate surface area is 190 Å². The Balaban J connectivity index is 1.76. The molecular weight excluding hydrogens is 430 g/mol. The molecule has 1 aromatic heterocycles. The fourth-order valence-corrected chi connectivity index (χ4v) is 5.89.